The fourth-order valence-electron chi connectivity index (χ4n) is 2.57. The van der Waals surface area contributed by atoms with E-state index in [4.69, 9.17) is 0 Å². The highest BCUT2D eigenvalue weighted by atomic mass is 32.2. The Bertz CT molecular complexity index is 918. The van der Waals surface area contributed by atoms with Gasteiger partial charge in [0.2, 0.25) is 0 Å². The monoisotopic (exact) mass is 401 g/mol. The Morgan fingerprint density at radius 3 is 2.59 bits per heavy atom. The number of carbonyl (C=O) groups excluding carboxylic acids is 2. The van der Waals surface area contributed by atoms with Crippen molar-refractivity contribution in [2.45, 2.75) is 25.0 Å². The van der Waals surface area contributed by atoms with Crippen LogP contribution < -0.4 is 0 Å². The van der Waals surface area contributed by atoms with Crippen molar-refractivity contribution in [1.82, 2.24) is 14.8 Å². The van der Waals surface area contributed by atoms with E-state index in [-0.39, 0.29) is 11.8 Å². The Labute approximate surface area is 165 Å². The number of ether oxygens (including phenoxy) is 1. The van der Waals surface area contributed by atoms with Crippen LogP contribution in [0.25, 0.3) is 10.7 Å². The zero-order valence-corrected chi connectivity index (χ0v) is 16.7. The summed E-state index contributed by atoms with van der Waals surface area (Å²) >= 11 is 3.02. The zero-order chi connectivity index (χ0) is 19.2. The van der Waals surface area contributed by atoms with E-state index in [1.807, 2.05) is 29.0 Å². The van der Waals surface area contributed by atoms with E-state index in [0.717, 1.165) is 28.0 Å². The van der Waals surface area contributed by atoms with Crippen molar-refractivity contribution in [2.24, 2.45) is 0 Å². The molecule has 0 bridgehead atoms. The molecule has 0 aliphatic heterocycles. The van der Waals surface area contributed by atoms with E-state index in [2.05, 4.69) is 14.9 Å². The summed E-state index contributed by atoms with van der Waals surface area (Å²) in [6, 6.07) is 10.9. The smallest absolute Gasteiger partial charge is 0.337 e. The molecule has 0 saturated carbocycles. The number of hydrogen-bond donors (Lipinski definition) is 0. The number of thiophene rings is 1. The number of esters is 1. The summed E-state index contributed by atoms with van der Waals surface area (Å²) in [6.45, 7) is 2.78. The van der Waals surface area contributed by atoms with Crippen molar-refractivity contribution in [2.75, 3.05) is 12.9 Å². The highest BCUT2D eigenvalue weighted by molar-refractivity contribution is 7.99. The highest BCUT2D eigenvalue weighted by Crippen LogP contribution is 2.27. The number of methoxy groups -OCH3 is 1. The number of hydrogen-bond acceptors (Lipinski definition) is 7. The third kappa shape index (κ3) is 4.64. The van der Waals surface area contributed by atoms with Crippen LogP contribution in [0.3, 0.4) is 0 Å². The van der Waals surface area contributed by atoms with E-state index in [0.29, 0.717) is 17.7 Å². The van der Waals surface area contributed by atoms with Crippen LogP contribution in [0.1, 0.15) is 22.8 Å². The number of carbonyl (C=O) groups is 2. The van der Waals surface area contributed by atoms with Crippen molar-refractivity contribution in [3.63, 3.8) is 0 Å². The van der Waals surface area contributed by atoms with Gasteiger partial charge in [0.15, 0.2) is 11.0 Å². The largest absolute Gasteiger partial charge is 0.465 e. The van der Waals surface area contributed by atoms with Gasteiger partial charge in [0, 0.05) is 13.0 Å². The Hall–Kier alpha value is -2.45. The first-order valence-electron chi connectivity index (χ1n) is 8.41. The van der Waals surface area contributed by atoms with Gasteiger partial charge >= 0.3 is 5.97 Å². The number of thioether (sulfide) groups is 1. The van der Waals surface area contributed by atoms with Crippen LogP contribution in [0.15, 0.2) is 46.9 Å². The molecule has 0 radical (unpaired) electrons. The van der Waals surface area contributed by atoms with E-state index < -0.39 is 0 Å². The Morgan fingerprint density at radius 2 is 1.96 bits per heavy atom. The van der Waals surface area contributed by atoms with Crippen molar-refractivity contribution in [3.8, 4) is 10.7 Å². The van der Waals surface area contributed by atoms with Crippen molar-refractivity contribution >= 4 is 34.9 Å². The molecular weight excluding hydrogens is 382 g/mol. The molecule has 0 atom stereocenters. The molecular formula is C19H19N3O3S2. The first-order chi connectivity index (χ1) is 13.1. The third-order valence-electron chi connectivity index (χ3n) is 3.91. The molecule has 2 heterocycles. The summed E-state index contributed by atoms with van der Waals surface area (Å²) in [5.74, 6) is 0.861. The lowest BCUT2D eigenvalue weighted by atomic mass is 10.1. The molecule has 6 nitrogen and oxygen atoms in total. The standard InChI is InChI=1S/C19H19N3O3S2/c1-3-22-17(16-5-4-10-26-16)20-21-19(22)27-12-15(23)11-13-6-8-14(9-7-13)18(24)25-2/h4-10H,3,11-12H2,1-2H3. The summed E-state index contributed by atoms with van der Waals surface area (Å²) in [5.41, 5.74) is 1.34. The van der Waals surface area contributed by atoms with Gasteiger partial charge in [-0.05, 0) is 36.1 Å². The number of nitrogens with zero attached hydrogens (tertiary/aromatic N) is 3. The molecule has 0 spiro atoms. The number of rotatable bonds is 8. The van der Waals surface area contributed by atoms with Crippen molar-refractivity contribution < 1.29 is 14.3 Å². The van der Waals surface area contributed by atoms with Gasteiger partial charge in [-0.25, -0.2) is 4.79 Å². The molecule has 3 aromatic rings. The van der Waals surface area contributed by atoms with Crippen LogP contribution in [0.4, 0.5) is 0 Å². The van der Waals surface area contributed by atoms with Gasteiger partial charge in [-0.2, -0.15) is 0 Å². The maximum Gasteiger partial charge on any atom is 0.337 e. The second-order valence-electron chi connectivity index (χ2n) is 5.72. The van der Waals surface area contributed by atoms with Crippen LogP contribution in [-0.2, 0) is 22.5 Å². The highest BCUT2D eigenvalue weighted by Gasteiger charge is 2.15. The van der Waals surface area contributed by atoms with Gasteiger partial charge in [-0.15, -0.1) is 21.5 Å². The molecule has 0 saturated heterocycles. The Kier molecular flexibility index (Phi) is 6.41. The van der Waals surface area contributed by atoms with Crippen molar-refractivity contribution in [3.05, 3.63) is 52.9 Å². The normalized spacial score (nSPS) is 10.7. The van der Waals surface area contributed by atoms with E-state index >= 15 is 0 Å². The summed E-state index contributed by atoms with van der Waals surface area (Å²) in [5, 5.41) is 11.3. The summed E-state index contributed by atoms with van der Waals surface area (Å²) in [4.78, 5) is 24.8. The summed E-state index contributed by atoms with van der Waals surface area (Å²) in [6.07, 6.45) is 0.312. The zero-order valence-electron chi connectivity index (χ0n) is 15.0. The second kappa shape index (κ2) is 8.96. The lowest BCUT2D eigenvalue weighted by Gasteiger charge is -2.06. The fourth-order valence-corrected chi connectivity index (χ4v) is 4.15. The summed E-state index contributed by atoms with van der Waals surface area (Å²) < 4.78 is 6.69. The lowest BCUT2D eigenvalue weighted by molar-refractivity contribution is -0.116. The molecule has 0 aliphatic carbocycles. The fraction of sp³-hybridized carbons (Fsp3) is 0.263. The van der Waals surface area contributed by atoms with Crippen LogP contribution >= 0.6 is 23.1 Å². The first-order valence-corrected chi connectivity index (χ1v) is 10.3. The molecule has 1 aromatic carbocycles. The maximum absolute atomic E-state index is 12.3. The van der Waals surface area contributed by atoms with Crippen LogP contribution in [-0.4, -0.2) is 39.4 Å². The molecule has 0 aliphatic rings. The first kappa shape index (κ1) is 19.3. The van der Waals surface area contributed by atoms with Gasteiger partial charge in [-0.3, -0.25) is 4.79 Å². The molecule has 3 rings (SSSR count). The number of benzene rings is 1. The Morgan fingerprint density at radius 1 is 1.19 bits per heavy atom. The number of Topliss-reactive ketones (excluding diaryl/α,β-unsaturated/α-hetero) is 1. The maximum atomic E-state index is 12.3. The van der Waals surface area contributed by atoms with Crippen LogP contribution in [0.2, 0.25) is 0 Å². The van der Waals surface area contributed by atoms with Gasteiger partial charge in [0.05, 0.1) is 23.3 Å². The van der Waals surface area contributed by atoms with Crippen LogP contribution in [0.5, 0.6) is 0 Å². The minimum absolute atomic E-state index is 0.0918. The topological polar surface area (TPSA) is 74.1 Å². The SMILES string of the molecule is CCn1c(SCC(=O)Cc2ccc(C(=O)OC)cc2)nnc1-c1cccs1. The third-order valence-corrected chi connectivity index (χ3v) is 5.81. The van der Waals surface area contributed by atoms with E-state index in [9.17, 15) is 9.59 Å². The molecule has 0 N–H and O–H groups in total. The van der Waals surface area contributed by atoms with E-state index in [1.54, 1.807) is 35.6 Å². The minimum Gasteiger partial charge on any atom is -0.465 e. The van der Waals surface area contributed by atoms with E-state index in [1.165, 1.54) is 18.9 Å². The van der Waals surface area contributed by atoms with Crippen molar-refractivity contribution in [1.29, 1.82) is 0 Å². The number of aromatic nitrogens is 3. The summed E-state index contributed by atoms with van der Waals surface area (Å²) in [7, 11) is 1.34. The average molecular weight is 402 g/mol. The molecule has 0 fully saturated rings. The molecule has 8 heteroatoms. The van der Waals surface area contributed by atoms with Gasteiger partial charge < -0.3 is 9.30 Å². The molecule has 0 amide bonds. The predicted octanol–water partition coefficient (Wildman–Crippen LogP) is 3.72. The predicted molar refractivity (Wildman–Crippen MR) is 106 cm³/mol. The molecule has 27 heavy (non-hydrogen) atoms. The molecule has 2 aromatic heterocycles. The molecule has 0 unspecified atom stereocenters. The second-order valence-corrected chi connectivity index (χ2v) is 7.61. The number of ketones is 1. The molecule has 140 valence electrons. The van der Waals surface area contributed by atoms with Gasteiger partial charge in [0.1, 0.15) is 5.78 Å². The average Bonchev–Trinajstić information content (AvgIpc) is 3.35. The quantitative estimate of drug-likeness (QED) is 0.423. The van der Waals surface area contributed by atoms with Gasteiger partial charge in [0.25, 0.3) is 0 Å². The lowest BCUT2D eigenvalue weighted by Crippen LogP contribution is -2.08. The van der Waals surface area contributed by atoms with Gasteiger partial charge in [-0.1, -0.05) is 30.0 Å². The Balaban J connectivity index is 1.60. The minimum atomic E-state index is -0.385. The van der Waals surface area contributed by atoms with Crippen LogP contribution in [0, 0.1) is 0 Å².